The summed E-state index contributed by atoms with van der Waals surface area (Å²) in [4.78, 5) is 10.0. The minimum Gasteiger partial charge on any atom is -0.480 e. The SMILES string of the molecule is Cl.O=C(O)CN1NC=CN1. The maximum atomic E-state index is 10.0. The number of aliphatic carboxylic acids is 1. The van der Waals surface area contributed by atoms with Crippen molar-refractivity contribution in [1.82, 2.24) is 16.0 Å². The lowest BCUT2D eigenvalue weighted by molar-refractivity contribution is -0.139. The van der Waals surface area contributed by atoms with E-state index in [2.05, 4.69) is 10.9 Å². The molecule has 0 fully saturated rings. The van der Waals surface area contributed by atoms with E-state index < -0.39 is 5.97 Å². The molecule has 3 N–H and O–H groups in total. The van der Waals surface area contributed by atoms with Crippen molar-refractivity contribution in [3.05, 3.63) is 12.4 Å². The van der Waals surface area contributed by atoms with Gasteiger partial charge in [0, 0.05) is 12.4 Å². The van der Waals surface area contributed by atoms with Crippen LogP contribution in [0.15, 0.2) is 12.4 Å². The molecule has 0 unspecified atom stereocenters. The van der Waals surface area contributed by atoms with Gasteiger partial charge in [-0.05, 0) is 0 Å². The molecule has 0 aromatic rings. The summed E-state index contributed by atoms with van der Waals surface area (Å²) in [5.41, 5.74) is 5.30. The van der Waals surface area contributed by atoms with Gasteiger partial charge < -0.3 is 16.0 Å². The predicted octanol–water partition coefficient (Wildman–Crippen LogP) is -0.711. The molecule has 58 valence electrons. The Morgan fingerprint density at radius 1 is 1.50 bits per heavy atom. The fourth-order valence-electron chi connectivity index (χ4n) is 0.518. The van der Waals surface area contributed by atoms with Crippen molar-refractivity contribution >= 4 is 18.4 Å². The number of carboxylic acids is 1. The molecule has 5 nitrogen and oxygen atoms in total. The molecule has 1 aliphatic heterocycles. The fraction of sp³-hybridized carbons (Fsp3) is 0.250. The van der Waals surface area contributed by atoms with Crippen LogP contribution in [0.4, 0.5) is 0 Å². The molecule has 1 aliphatic rings. The lowest BCUT2D eigenvalue weighted by Gasteiger charge is -2.12. The van der Waals surface area contributed by atoms with Gasteiger partial charge in [-0.25, -0.2) is 0 Å². The van der Waals surface area contributed by atoms with E-state index in [0.29, 0.717) is 0 Å². The van der Waals surface area contributed by atoms with Crippen molar-refractivity contribution in [2.45, 2.75) is 0 Å². The lowest BCUT2D eigenvalue weighted by Crippen LogP contribution is -2.41. The van der Waals surface area contributed by atoms with E-state index in [1.165, 1.54) is 5.12 Å². The van der Waals surface area contributed by atoms with E-state index >= 15 is 0 Å². The molecule has 1 heterocycles. The Balaban J connectivity index is 0.000000810. The Labute approximate surface area is 64.0 Å². The first-order chi connectivity index (χ1) is 4.29. The molecule has 6 heteroatoms. The molecule has 0 atom stereocenters. The highest BCUT2D eigenvalue weighted by atomic mass is 35.5. The summed E-state index contributed by atoms with van der Waals surface area (Å²) in [6.07, 6.45) is 3.23. The largest absolute Gasteiger partial charge is 0.480 e. The van der Waals surface area contributed by atoms with Gasteiger partial charge in [0.15, 0.2) is 0 Å². The number of rotatable bonds is 2. The van der Waals surface area contributed by atoms with Gasteiger partial charge in [0.2, 0.25) is 0 Å². The van der Waals surface area contributed by atoms with Crippen LogP contribution in [0.5, 0.6) is 0 Å². The number of nitrogens with one attached hydrogen (secondary N) is 2. The van der Waals surface area contributed by atoms with E-state index in [1.807, 2.05) is 0 Å². The number of nitrogens with zero attached hydrogens (tertiary/aromatic N) is 1. The molecule has 0 aromatic carbocycles. The Bertz CT molecular complexity index is 141. The second-order valence-corrected chi connectivity index (χ2v) is 1.57. The van der Waals surface area contributed by atoms with E-state index in [-0.39, 0.29) is 19.0 Å². The van der Waals surface area contributed by atoms with Crippen LogP contribution < -0.4 is 10.9 Å². The maximum Gasteiger partial charge on any atom is 0.321 e. The topological polar surface area (TPSA) is 64.6 Å². The number of carbonyl (C=O) groups is 1. The van der Waals surface area contributed by atoms with Gasteiger partial charge in [0.25, 0.3) is 0 Å². The average Bonchev–Trinajstić information content (AvgIpc) is 2.15. The third-order valence-corrected chi connectivity index (χ3v) is 0.837. The summed E-state index contributed by atoms with van der Waals surface area (Å²) in [6, 6.07) is 0. The van der Waals surface area contributed by atoms with E-state index in [0.717, 1.165) is 0 Å². The number of hydrogen-bond acceptors (Lipinski definition) is 4. The van der Waals surface area contributed by atoms with Crippen molar-refractivity contribution in [2.24, 2.45) is 0 Å². The van der Waals surface area contributed by atoms with Gasteiger partial charge >= 0.3 is 5.97 Å². The highest BCUT2D eigenvalue weighted by molar-refractivity contribution is 5.85. The quantitative estimate of drug-likeness (QED) is 0.505. The van der Waals surface area contributed by atoms with Crippen LogP contribution in [0.1, 0.15) is 0 Å². The van der Waals surface area contributed by atoms with Gasteiger partial charge in [-0.2, -0.15) is 0 Å². The molecule has 0 saturated heterocycles. The van der Waals surface area contributed by atoms with E-state index in [4.69, 9.17) is 5.11 Å². The van der Waals surface area contributed by atoms with Crippen LogP contribution in [0, 0.1) is 0 Å². The highest BCUT2D eigenvalue weighted by Crippen LogP contribution is 1.82. The number of carboxylic acid groups (broad SMARTS) is 1. The molecule has 0 saturated carbocycles. The van der Waals surface area contributed by atoms with Crippen LogP contribution in [0.2, 0.25) is 0 Å². The second-order valence-electron chi connectivity index (χ2n) is 1.57. The number of halogens is 1. The molecule has 0 amide bonds. The Hall–Kier alpha value is -0.940. The predicted molar refractivity (Wildman–Crippen MR) is 37.0 cm³/mol. The first-order valence-electron chi connectivity index (χ1n) is 2.46. The average molecular weight is 166 g/mol. The summed E-state index contributed by atoms with van der Waals surface area (Å²) in [5, 5.41) is 9.57. The fourth-order valence-corrected chi connectivity index (χ4v) is 0.518. The minimum atomic E-state index is -0.876. The summed E-state index contributed by atoms with van der Waals surface area (Å²) in [7, 11) is 0. The van der Waals surface area contributed by atoms with Gasteiger partial charge in [0.05, 0.1) is 0 Å². The van der Waals surface area contributed by atoms with Crippen molar-refractivity contribution in [1.29, 1.82) is 0 Å². The molecular formula is C4H8ClN3O2. The molecule has 0 aromatic heterocycles. The summed E-state index contributed by atoms with van der Waals surface area (Å²) in [6.45, 7) is -0.0625. The molecule has 0 radical (unpaired) electrons. The molecular weight excluding hydrogens is 158 g/mol. The van der Waals surface area contributed by atoms with Gasteiger partial charge in [-0.3, -0.25) is 4.79 Å². The highest BCUT2D eigenvalue weighted by Gasteiger charge is 2.07. The smallest absolute Gasteiger partial charge is 0.321 e. The monoisotopic (exact) mass is 165 g/mol. The maximum absolute atomic E-state index is 10.0. The van der Waals surface area contributed by atoms with E-state index in [1.54, 1.807) is 12.4 Å². The zero-order chi connectivity index (χ0) is 6.69. The van der Waals surface area contributed by atoms with Crippen molar-refractivity contribution in [2.75, 3.05) is 6.54 Å². The van der Waals surface area contributed by atoms with Crippen molar-refractivity contribution < 1.29 is 9.90 Å². The standard InChI is InChI=1S/C4H7N3O2.ClH/c8-4(9)3-7-5-1-2-6-7;/h1-2,5-6H,3H2,(H,8,9);1H. The minimum absolute atomic E-state index is 0. The normalized spacial score (nSPS) is 15.2. The van der Waals surface area contributed by atoms with Crippen molar-refractivity contribution in [3.63, 3.8) is 0 Å². The Morgan fingerprint density at radius 3 is 2.40 bits per heavy atom. The van der Waals surface area contributed by atoms with Crippen LogP contribution in [-0.2, 0) is 4.79 Å². The zero-order valence-electron chi connectivity index (χ0n) is 5.07. The Morgan fingerprint density at radius 2 is 2.00 bits per heavy atom. The summed E-state index contributed by atoms with van der Waals surface area (Å²) in [5.74, 6) is -0.876. The van der Waals surface area contributed by atoms with Crippen LogP contribution in [0.3, 0.4) is 0 Å². The van der Waals surface area contributed by atoms with Crippen molar-refractivity contribution in [3.8, 4) is 0 Å². The zero-order valence-corrected chi connectivity index (χ0v) is 5.89. The number of hydrogen-bond donors (Lipinski definition) is 3. The van der Waals surface area contributed by atoms with Crippen LogP contribution in [0.25, 0.3) is 0 Å². The van der Waals surface area contributed by atoms with Gasteiger partial charge in [-0.1, -0.05) is 0 Å². The number of hydrazine groups is 2. The molecule has 0 spiro atoms. The van der Waals surface area contributed by atoms with Crippen LogP contribution >= 0.6 is 12.4 Å². The third-order valence-electron chi connectivity index (χ3n) is 0.837. The third kappa shape index (κ3) is 2.56. The van der Waals surface area contributed by atoms with E-state index in [9.17, 15) is 4.79 Å². The van der Waals surface area contributed by atoms with Gasteiger partial charge in [0.1, 0.15) is 6.54 Å². The second kappa shape index (κ2) is 3.97. The van der Waals surface area contributed by atoms with Crippen LogP contribution in [-0.4, -0.2) is 22.7 Å². The molecule has 0 aliphatic carbocycles. The first-order valence-corrected chi connectivity index (χ1v) is 2.46. The molecule has 0 bridgehead atoms. The summed E-state index contributed by atoms with van der Waals surface area (Å²) >= 11 is 0. The van der Waals surface area contributed by atoms with Gasteiger partial charge in [-0.15, -0.1) is 17.5 Å². The first kappa shape index (κ1) is 9.06. The Kier molecular flexibility index (Phi) is 3.60. The lowest BCUT2D eigenvalue weighted by atomic mass is 10.7. The molecule has 10 heavy (non-hydrogen) atoms. The molecule has 1 rings (SSSR count). The summed E-state index contributed by atoms with van der Waals surface area (Å²) < 4.78 is 0.